The van der Waals surface area contributed by atoms with Gasteiger partial charge in [0.25, 0.3) is 5.91 Å². The van der Waals surface area contributed by atoms with Crippen molar-refractivity contribution in [3.63, 3.8) is 0 Å². The van der Waals surface area contributed by atoms with Gasteiger partial charge in [-0.2, -0.15) is 5.26 Å². The summed E-state index contributed by atoms with van der Waals surface area (Å²) in [6.07, 6.45) is 1.52. The molecule has 0 atom stereocenters. The molecule has 1 aromatic carbocycles. The average molecular weight is 554 g/mol. The minimum absolute atomic E-state index is 0.0264. The molecule has 24 heavy (non-hydrogen) atoms. The lowest BCUT2D eigenvalue weighted by atomic mass is 10.1. The molecule has 1 N–H and O–H groups in total. The van der Waals surface area contributed by atoms with E-state index in [1.54, 1.807) is 12.1 Å². The molecule has 0 aliphatic heterocycles. The number of benzene rings is 1. The maximum atomic E-state index is 12.0. The number of nitrogens with one attached hydrogen (secondary N) is 1. The number of amides is 1. The van der Waals surface area contributed by atoms with Gasteiger partial charge in [-0.05, 0) is 82.8 Å². The maximum Gasteiger partial charge on any atom is 0.343 e. The molecule has 1 rings (SSSR count). The third-order valence-corrected chi connectivity index (χ3v) is 4.28. The number of rotatable bonds is 6. The molecule has 0 radical (unpaired) electrons. The number of ether oxygens (including phenoxy) is 2. The number of esters is 1. The summed E-state index contributed by atoms with van der Waals surface area (Å²) in [7, 11) is 1.29. The van der Waals surface area contributed by atoms with E-state index in [4.69, 9.17) is 4.74 Å². The van der Waals surface area contributed by atoms with E-state index < -0.39 is 11.9 Å². The fourth-order valence-electron chi connectivity index (χ4n) is 1.65. The van der Waals surface area contributed by atoms with Crippen LogP contribution in [0, 0.1) is 18.5 Å². The highest BCUT2D eigenvalue weighted by molar-refractivity contribution is 14.1. The minimum Gasteiger partial charge on any atom is -0.480 e. The van der Waals surface area contributed by atoms with E-state index in [0.717, 1.165) is 7.14 Å². The molecule has 0 saturated heterocycles. The fourth-order valence-corrected chi connectivity index (χ4v) is 3.77. The van der Waals surface area contributed by atoms with E-state index in [2.05, 4.69) is 55.2 Å². The lowest BCUT2D eigenvalue weighted by Crippen LogP contribution is -2.30. The minimum atomic E-state index is -0.470. The predicted octanol–water partition coefficient (Wildman–Crippen LogP) is 2.88. The van der Waals surface area contributed by atoms with Crippen LogP contribution in [0.5, 0.6) is 5.75 Å². The van der Waals surface area contributed by atoms with Crippen molar-refractivity contribution >= 4 is 63.1 Å². The first-order chi connectivity index (χ1) is 11.3. The normalized spacial score (nSPS) is 11.0. The van der Waals surface area contributed by atoms with Gasteiger partial charge in [0.1, 0.15) is 17.4 Å². The Morgan fingerprint density at radius 1 is 1.33 bits per heavy atom. The summed E-state index contributed by atoms with van der Waals surface area (Å²) in [6, 6.07) is 5.40. The van der Waals surface area contributed by atoms with Gasteiger partial charge in [0.2, 0.25) is 0 Å². The van der Waals surface area contributed by atoms with Crippen molar-refractivity contribution in [3.8, 4) is 11.8 Å². The Bertz CT molecular complexity index is 686. The Balaban J connectivity index is 3.06. The number of halogens is 2. The zero-order valence-corrected chi connectivity index (χ0v) is 17.7. The van der Waals surface area contributed by atoms with Crippen LogP contribution < -0.4 is 10.1 Å². The first-order valence-electron chi connectivity index (χ1n) is 6.89. The van der Waals surface area contributed by atoms with Crippen LogP contribution in [-0.2, 0) is 14.3 Å². The standard InChI is InChI=1S/C16H16I2N2O4/c1-9(2)20-16(22)11(7-19)4-10-5-12(17)15(13(18)6-10)24-8-14(21)23-3/h4-6,9H,8H2,1-3H3,(H,20,22). The molecule has 0 aliphatic carbocycles. The van der Waals surface area contributed by atoms with Crippen LogP contribution in [0.1, 0.15) is 19.4 Å². The largest absolute Gasteiger partial charge is 0.480 e. The molecular formula is C16H16I2N2O4. The van der Waals surface area contributed by atoms with Crippen LogP contribution in [0.15, 0.2) is 17.7 Å². The summed E-state index contributed by atoms with van der Waals surface area (Å²) in [5.41, 5.74) is 0.725. The first kappa shape index (κ1) is 20.7. The highest BCUT2D eigenvalue weighted by atomic mass is 127. The number of hydrogen-bond acceptors (Lipinski definition) is 5. The quantitative estimate of drug-likeness (QED) is 0.253. The Morgan fingerprint density at radius 3 is 2.38 bits per heavy atom. The van der Waals surface area contributed by atoms with E-state index in [-0.39, 0.29) is 18.2 Å². The van der Waals surface area contributed by atoms with E-state index in [9.17, 15) is 14.9 Å². The van der Waals surface area contributed by atoms with Crippen LogP contribution in [-0.4, -0.2) is 31.6 Å². The van der Waals surface area contributed by atoms with Gasteiger partial charge in [0.05, 0.1) is 14.3 Å². The molecule has 0 aromatic heterocycles. The van der Waals surface area contributed by atoms with Crippen molar-refractivity contribution in [1.29, 1.82) is 5.26 Å². The van der Waals surface area contributed by atoms with Gasteiger partial charge in [0.15, 0.2) is 6.61 Å². The van der Waals surface area contributed by atoms with Crippen LogP contribution in [0.25, 0.3) is 6.08 Å². The molecule has 0 unspecified atom stereocenters. The average Bonchev–Trinajstić information content (AvgIpc) is 2.50. The molecule has 1 aromatic rings. The number of carbonyl (C=O) groups is 2. The third-order valence-electron chi connectivity index (χ3n) is 2.68. The first-order valence-corrected chi connectivity index (χ1v) is 9.05. The summed E-state index contributed by atoms with van der Waals surface area (Å²) < 4.78 is 11.5. The van der Waals surface area contributed by atoms with E-state index >= 15 is 0 Å². The molecule has 0 aliphatic rings. The fraction of sp³-hybridized carbons (Fsp3) is 0.312. The monoisotopic (exact) mass is 554 g/mol. The van der Waals surface area contributed by atoms with Crippen LogP contribution in [0.2, 0.25) is 0 Å². The van der Waals surface area contributed by atoms with Gasteiger partial charge in [-0.25, -0.2) is 4.79 Å². The molecule has 6 nitrogen and oxygen atoms in total. The van der Waals surface area contributed by atoms with Gasteiger partial charge in [-0.3, -0.25) is 4.79 Å². The summed E-state index contributed by atoms with van der Waals surface area (Å²) in [5, 5.41) is 11.9. The van der Waals surface area contributed by atoms with Gasteiger partial charge in [-0.15, -0.1) is 0 Å². The molecule has 8 heteroatoms. The molecule has 0 fully saturated rings. The number of carbonyl (C=O) groups excluding carboxylic acids is 2. The molecule has 0 saturated carbocycles. The second-order valence-corrected chi connectivity index (χ2v) is 7.30. The van der Waals surface area contributed by atoms with E-state index in [1.165, 1.54) is 13.2 Å². The number of nitrogens with zero attached hydrogens (tertiary/aromatic N) is 1. The molecule has 0 heterocycles. The molecule has 0 bridgehead atoms. The Hall–Kier alpha value is -1.35. The summed E-state index contributed by atoms with van der Waals surface area (Å²) >= 11 is 4.14. The lowest BCUT2D eigenvalue weighted by molar-refractivity contribution is -0.142. The molecule has 128 valence electrons. The second-order valence-electron chi connectivity index (χ2n) is 4.98. The summed E-state index contributed by atoms with van der Waals surface area (Å²) in [6.45, 7) is 3.47. The van der Waals surface area contributed by atoms with Crippen molar-refractivity contribution in [1.82, 2.24) is 5.32 Å². The lowest BCUT2D eigenvalue weighted by Gasteiger charge is -2.11. The number of nitriles is 1. The third kappa shape index (κ3) is 6.27. The van der Waals surface area contributed by atoms with Crippen LogP contribution in [0.4, 0.5) is 0 Å². The van der Waals surface area contributed by atoms with Crippen molar-refractivity contribution in [2.24, 2.45) is 0 Å². The van der Waals surface area contributed by atoms with Gasteiger partial charge in [-0.1, -0.05) is 0 Å². The van der Waals surface area contributed by atoms with Gasteiger partial charge in [0, 0.05) is 6.04 Å². The summed E-state index contributed by atoms with van der Waals surface area (Å²) in [4.78, 5) is 23.1. The zero-order valence-electron chi connectivity index (χ0n) is 13.4. The van der Waals surface area contributed by atoms with Gasteiger partial charge >= 0.3 is 5.97 Å². The van der Waals surface area contributed by atoms with Crippen molar-refractivity contribution in [3.05, 3.63) is 30.4 Å². The van der Waals surface area contributed by atoms with Crippen molar-refractivity contribution in [2.75, 3.05) is 13.7 Å². The predicted molar refractivity (Wildman–Crippen MR) is 106 cm³/mol. The maximum absolute atomic E-state index is 12.0. The molecule has 0 spiro atoms. The zero-order chi connectivity index (χ0) is 18.3. The van der Waals surface area contributed by atoms with Crippen molar-refractivity contribution < 1.29 is 19.1 Å². The Morgan fingerprint density at radius 2 is 1.92 bits per heavy atom. The highest BCUT2D eigenvalue weighted by Crippen LogP contribution is 2.29. The van der Waals surface area contributed by atoms with Crippen LogP contribution in [0.3, 0.4) is 0 Å². The number of hydrogen-bond donors (Lipinski definition) is 1. The Kier molecular flexibility index (Phi) is 8.47. The SMILES string of the molecule is COC(=O)COc1c(I)cc(C=C(C#N)C(=O)NC(C)C)cc1I. The van der Waals surface area contributed by atoms with E-state index in [0.29, 0.717) is 11.3 Å². The topological polar surface area (TPSA) is 88.4 Å². The van der Waals surface area contributed by atoms with Crippen molar-refractivity contribution in [2.45, 2.75) is 19.9 Å². The highest BCUT2D eigenvalue weighted by Gasteiger charge is 2.13. The second kappa shape index (κ2) is 9.83. The van der Waals surface area contributed by atoms with E-state index in [1.807, 2.05) is 19.9 Å². The van der Waals surface area contributed by atoms with Crippen LogP contribution >= 0.6 is 45.2 Å². The smallest absolute Gasteiger partial charge is 0.343 e. The molecule has 1 amide bonds. The van der Waals surface area contributed by atoms with Gasteiger partial charge < -0.3 is 14.8 Å². The Labute approximate surface area is 167 Å². The molecular weight excluding hydrogens is 538 g/mol. The number of methoxy groups -OCH3 is 1. The summed E-state index contributed by atoms with van der Waals surface area (Å²) in [5.74, 6) is -0.324.